The van der Waals surface area contributed by atoms with Crippen LogP contribution in [-0.4, -0.2) is 20.8 Å². The van der Waals surface area contributed by atoms with Gasteiger partial charge >= 0.3 is 0 Å². The van der Waals surface area contributed by atoms with Crippen LogP contribution in [0.25, 0.3) is 0 Å². The number of halogens is 1. The van der Waals surface area contributed by atoms with Crippen LogP contribution in [0.4, 0.5) is 0 Å². The molecule has 0 fully saturated rings. The molecule has 6 heteroatoms. The van der Waals surface area contributed by atoms with Crippen LogP contribution < -0.4 is 11.3 Å². The third kappa shape index (κ3) is 3.48. The summed E-state index contributed by atoms with van der Waals surface area (Å²) in [6, 6.07) is 0.124. The van der Waals surface area contributed by atoms with Gasteiger partial charge in [-0.1, -0.05) is 13.8 Å². The van der Waals surface area contributed by atoms with Crippen molar-refractivity contribution in [2.24, 2.45) is 12.9 Å². The summed E-state index contributed by atoms with van der Waals surface area (Å²) in [5, 5.41) is 4.78. The van der Waals surface area contributed by atoms with Crippen LogP contribution in [0, 0.1) is 0 Å². The van der Waals surface area contributed by atoms with Crippen molar-refractivity contribution >= 4 is 27.7 Å². The van der Waals surface area contributed by atoms with Crippen LogP contribution >= 0.6 is 27.7 Å². The lowest BCUT2D eigenvalue weighted by atomic mass is 10.2. The third-order valence-electron chi connectivity index (χ3n) is 2.07. The SMILES string of the molecule is CC(C)SCC(NN)c1c(Br)cnn1C. The standard InChI is InChI=1S/C9H17BrN4S/c1-6(2)15-5-8(13-11)9-7(10)4-12-14(9)3/h4,6,8,13H,5,11H2,1-3H3. The largest absolute Gasteiger partial charge is 0.271 e. The van der Waals surface area contributed by atoms with Crippen LogP contribution in [0.5, 0.6) is 0 Å². The van der Waals surface area contributed by atoms with Gasteiger partial charge in [-0.15, -0.1) is 0 Å². The molecule has 1 rings (SSSR count). The fourth-order valence-corrected chi connectivity index (χ4v) is 2.76. The molecule has 1 atom stereocenters. The highest BCUT2D eigenvalue weighted by atomic mass is 79.9. The number of nitrogens with two attached hydrogens (primary N) is 1. The van der Waals surface area contributed by atoms with E-state index in [9.17, 15) is 0 Å². The average molecular weight is 293 g/mol. The summed E-state index contributed by atoms with van der Waals surface area (Å²) in [6.45, 7) is 4.35. The van der Waals surface area contributed by atoms with E-state index in [1.807, 2.05) is 23.5 Å². The van der Waals surface area contributed by atoms with Crippen molar-refractivity contribution in [3.8, 4) is 0 Å². The third-order valence-corrected chi connectivity index (χ3v) is 3.87. The molecular weight excluding hydrogens is 276 g/mol. The molecule has 3 N–H and O–H groups in total. The van der Waals surface area contributed by atoms with Crippen LogP contribution in [0.15, 0.2) is 10.7 Å². The zero-order chi connectivity index (χ0) is 11.4. The summed E-state index contributed by atoms with van der Waals surface area (Å²) < 4.78 is 2.84. The molecule has 1 unspecified atom stereocenters. The lowest BCUT2D eigenvalue weighted by Crippen LogP contribution is -2.31. The number of aromatic nitrogens is 2. The highest BCUT2D eigenvalue weighted by Gasteiger charge is 2.17. The zero-order valence-corrected chi connectivity index (χ0v) is 11.6. The minimum absolute atomic E-state index is 0.124. The van der Waals surface area contributed by atoms with Gasteiger partial charge in [0.05, 0.1) is 22.4 Å². The molecule has 86 valence electrons. The van der Waals surface area contributed by atoms with Crippen molar-refractivity contribution in [3.63, 3.8) is 0 Å². The predicted molar refractivity (Wildman–Crippen MR) is 68.6 cm³/mol. The van der Waals surface area contributed by atoms with Crippen molar-refractivity contribution in [2.75, 3.05) is 5.75 Å². The number of thioether (sulfide) groups is 1. The number of nitrogens with one attached hydrogen (secondary N) is 1. The minimum Gasteiger partial charge on any atom is -0.271 e. The maximum Gasteiger partial charge on any atom is 0.0730 e. The Kier molecular flexibility index (Phi) is 5.11. The Morgan fingerprint density at radius 3 is 2.73 bits per heavy atom. The molecule has 0 spiro atoms. The molecule has 1 aromatic heterocycles. The summed E-state index contributed by atoms with van der Waals surface area (Å²) in [5.74, 6) is 6.50. The van der Waals surface area contributed by atoms with Crippen molar-refractivity contribution in [3.05, 3.63) is 16.4 Å². The molecular formula is C9H17BrN4S. The molecule has 0 aliphatic carbocycles. The van der Waals surface area contributed by atoms with Gasteiger partial charge in [-0.2, -0.15) is 16.9 Å². The minimum atomic E-state index is 0.124. The molecule has 0 amide bonds. The Balaban J connectivity index is 2.74. The summed E-state index contributed by atoms with van der Waals surface area (Å²) in [4.78, 5) is 0. The first-order chi connectivity index (χ1) is 7.06. The Bertz CT molecular complexity index is 294. The molecule has 0 aromatic carbocycles. The second-order valence-corrected chi connectivity index (χ2v) is 6.07. The normalized spacial score (nSPS) is 13.5. The Hall–Kier alpha value is -0.0400. The van der Waals surface area contributed by atoms with Gasteiger partial charge in [-0.25, -0.2) is 0 Å². The van der Waals surface area contributed by atoms with Crippen molar-refractivity contribution in [1.29, 1.82) is 0 Å². The Morgan fingerprint density at radius 1 is 1.67 bits per heavy atom. The Morgan fingerprint density at radius 2 is 2.33 bits per heavy atom. The van der Waals surface area contributed by atoms with Gasteiger partial charge in [-0.3, -0.25) is 16.0 Å². The van der Waals surface area contributed by atoms with E-state index < -0.39 is 0 Å². The van der Waals surface area contributed by atoms with E-state index in [0.717, 1.165) is 15.9 Å². The van der Waals surface area contributed by atoms with Gasteiger partial charge in [0.25, 0.3) is 0 Å². The van der Waals surface area contributed by atoms with Gasteiger partial charge in [-0.05, 0) is 21.2 Å². The maximum atomic E-state index is 5.56. The summed E-state index contributed by atoms with van der Waals surface area (Å²) in [5.41, 5.74) is 3.92. The van der Waals surface area contributed by atoms with Crippen LogP contribution in [0.2, 0.25) is 0 Å². The second kappa shape index (κ2) is 5.89. The molecule has 0 radical (unpaired) electrons. The number of hydrogen-bond donors (Lipinski definition) is 2. The fourth-order valence-electron chi connectivity index (χ4n) is 1.31. The van der Waals surface area contributed by atoms with Crippen LogP contribution in [0.1, 0.15) is 25.6 Å². The summed E-state index contributed by atoms with van der Waals surface area (Å²) in [7, 11) is 1.92. The molecule has 0 bridgehead atoms. The lowest BCUT2D eigenvalue weighted by Gasteiger charge is -2.17. The topological polar surface area (TPSA) is 55.9 Å². The van der Waals surface area contributed by atoms with E-state index in [2.05, 4.69) is 40.3 Å². The molecule has 0 saturated carbocycles. The number of nitrogens with zero attached hydrogens (tertiary/aromatic N) is 2. The van der Waals surface area contributed by atoms with Gasteiger partial charge in [0.1, 0.15) is 0 Å². The van der Waals surface area contributed by atoms with E-state index in [0.29, 0.717) is 5.25 Å². The average Bonchev–Trinajstić information content (AvgIpc) is 2.49. The smallest absolute Gasteiger partial charge is 0.0730 e. The molecule has 15 heavy (non-hydrogen) atoms. The molecule has 0 aliphatic rings. The maximum absolute atomic E-state index is 5.56. The number of hydrogen-bond acceptors (Lipinski definition) is 4. The van der Waals surface area contributed by atoms with E-state index in [1.54, 1.807) is 6.20 Å². The number of aryl methyl sites for hydroxylation is 1. The molecule has 1 aromatic rings. The van der Waals surface area contributed by atoms with Crippen molar-refractivity contribution < 1.29 is 0 Å². The second-order valence-electron chi connectivity index (χ2n) is 3.60. The van der Waals surface area contributed by atoms with Crippen molar-refractivity contribution in [1.82, 2.24) is 15.2 Å². The first-order valence-electron chi connectivity index (χ1n) is 4.81. The predicted octanol–water partition coefficient (Wildman–Crippen LogP) is 1.83. The molecule has 0 aliphatic heterocycles. The van der Waals surface area contributed by atoms with Crippen molar-refractivity contribution in [2.45, 2.75) is 25.1 Å². The zero-order valence-electron chi connectivity index (χ0n) is 9.20. The first kappa shape index (κ1) is 13.0. The quantitative estimate of drug-likeness (QED) is 0.642. The van der Waals surface area contributed by atoms with Crippen LogP contribution in [0.3, 0.4) is 0 Å². The molecule has 1 heterocycles. The van der Waals surface area contributed by atoms with E-state index >= 15 is 0 Å². The number of rotatable bonds is 5. The van der Waals surface area contributed by atoms with Gasteiger partial charge in [0.2, 0.25) is 0 Å². The molecule has 0 saturated heterocycles. The van der Waals surface area contributed by atoms with E-state index in [4.69, 9.17) is 5.84 Å². The van der Waals surface area contributed by atoms with Crippen LogP contribution in [-0.2, 0) is 7.05 Å². The first-order valence-corrected chi connectivity index (χ1v) is 6.65. The fraction of sp³-hybridized carbons (Fsp3) is 0.667. The van der Waals surface area contributed by atoms with Gasteiger partial charge < -0.3 is 0 Å². The highest BCUT2D eigenvalue weighted by molar-refractivity contribution is 9.10. The lowest BCUT2D eigenvalue weighted by molar-refractivity contribution is 0.552. The number of hydrazine groups is 1. The molecule has 4 nitrogen and oxygen atoms in total. The Labute approximate surface area is 103 Å². The highest BCUT2D eigenvalue weighted by Crippen LogP contribution is 2.26. The van der Waals surface area contributed by atoms with Gasteiger partial charge in [0, 0.05) is 12.8 Å². The van der Waals surface area contributed by atoms with E-state index in [1.165, 1.54) is 0 Å². The summed E-state index contributed by atoms with van der Waals surface area (Å²) >= 11 is 5.35. The van der Waals surface area contributed by atoms with Gasteiger partial charge in [0.15, 0.2) is 0 Å². The monoisotopic (exact) mass is 292 g/mol. The van der Waals surface area contributed by atoms with E-state index in [-0.39, 0.29) is 6.04 Å². The summed E-state index contributed by atoms with van der Waals surface area (Å²) in [6.07, 6.45) is 1.79.